The van der Waals surface area contributed by atoms with Crippen molar-refractivity contribution < 1.29 is 14.0 Å². The summed E-state index contributed by atoms with van der Waals surface area (Å²) < 4.78 is 12.0. The third-order valence-corrected chi connectivity index (χ3v) is 10.4. The Morgan fingerprint density at radius 3 is 2.40 bits per heavy atom. The normalized spacial score (nSPS) is 21.8. The molecular weight excluding hydrogens is 328 g/mol. The van der Waals surface area contributed by atoms with Gasteiger partial charge in [0.05, 0.1) is 5.92 Å². The Hall–Kier alpha value is -1.13. The first-order valence-electron chi connectivity index (χ1n) is 9.55. The highest BCUT2D eigenvalue weighted by molar-refractivity contribution is 6.74. The molecule has 0 aromatic heterocycles. The number of rotatable bonds is 6. The fraction of sp³-hybridized carbons (Fsp3) is 0.667. The summed E-state index contributed by atoms with van der Waals surface area (Å²) in [5.74, 6) is 0.237. The molecule has 0 saturated heterocycles. The van der Waals surface area contributed by atoms with Gasteiger partial charge in [0.15, 0.2) is 8.32 Å². The van der Waals surface area contributed by atoms with E-state index in [4.69, 9.17) is 9.16 Å². The molecule has 2 atom stereocenters. The molecule has 0 aliphatic heterocycles. The van der Waals surface area contributed by atoms with E-state index in [0.29, 0.717) is 19.1 Å². The molecule has 0 spiro atoms. The predicted octanol–water partition coefficient (Wildman–Crippen LogP) is 5.56. The van der Waals surface area contributed by atoms with Gasteiger partial charge in [-0.1, -0.05) is 63.9 Å². The number of benzene rings is 1. The first-order chi connectivity index (χ1) is 11.7. The van der Waals surface area contributed by atoms with Crippen LogP contribution in [-0.2, 0) is 20.6 Å². The second kappa shape index (κ2) is 8.50. The van der Waals surface area contributed by atoms with E-state index >= 15 is 0 Å². The van der Waals surface area contributed by atoms with Crippen LogP contribution in [0.1, 0.15) is 52.0 Å². The maximum atomic E-state index is 12.6. The van der Waals surface area contributed by atoms with Crippen molar-refractivity contribution in [2.45, 2.75) is 71.2 Å². The second-order valence-electron chi connectivity index (χ2n) is 8.82. The molecule has 2 rings (SSSR count). The van der Waals surface area contributed by atoms with E-state index in [0.717, 1.165) is 24.8 Å². The summed E-state index contributed by atoms with van der Waals surface area (Å²) in [7, 11) is -1.78. The molecule has 0 N–H and O–H groups in total. The summed E-state index contributed by atoms with van der Waals surface area (Å²) in [6.07, 6.45) is 4.30. The highest BCUT2D eigenvalue weighted by Crippen LogP contribution is 2.38. The van der Waals surface area contributed by atoms with Gasteiger partial charge >= 0.3 is 5.97 Å². The molecule has 0 heterocycles. The van der Waals surface area contributed by atoms with Crippen LogP contribution in [0.5, 0.6) is 0 Å². The highest BCUT2D eigenvalue weighted by atomic mass is 28.4. The molecule has 3 nitrogen and oxygen atoms in total. The topological polar surface area (TPSA) is 35.5 Å². The lowest BCUT2D eigenvalue weighted by Crippen LogP contribution is -2.43. The molecule has 1 aliphatic rings. The number of hydrogen-bond acceptors (Lipinski definition) is 3. The van der Waals surface area contributed by atoms with Crippen LogP contribution in [-0.4, -0.2) is 20.9 Å². The van der Waals surface area contributed by atoms with Gasteiger partial charge in [0.25, 0.3) is 0 Å². The molecule has 1 aromatic carbocycles. The number of carbonyl (C=O) groups excluding carboxylic acids is 1. The van der Waals surface area contributed by atoms with Crippen molar-refractivity contribution in [2.75, 3.05) is 6.61 Å². The van der Waals surface area contributed by atoms with Crippen molar-refractivity contribution >= 4 is 14.3 Å². The largest absolute Gasteiger partial charge is 0.461 e. The summed E-state index contributed by atoms with van der Waals surface area (Å²) in [6, 6.07) is 9.90. The lowest BCUT2D eigenvalue weighted by Gasteiger charge is -2.39. The van der Waals surface area contributed by atoms with Crippen LogP contribution in [0.15, 0.2) is 30.3 Å². The zero-order chi connectivity index (χ0) is 18.5. The zero-order valence-electron chi connectivity index (χ0n) is 16.5. The Morgan fingerprint density at radius 2 is 1.76 bits per heavy atom. The molecule has 1 aliphatic carbocycles. The van der Waals surface area contributed by atoms with Gasteiger partial charge in [0.2, 0.25) is 0 Å². The lowest BCUT2D eigenvalue weighted by atomic mass is 9.80. The van der Waals surface area contributed by atoms with Crippen molar-refractivity contribution in [3.63, 3.8) is 0 Å². The van der Waals surface area contributed by atoms with Crippen LogP contribution in [0.2, 0.25) is 18.1 Å². The number of hydrogen-bond donors (Lipinski definition) is 0. The Morgan fingerprint density at radius 1 is 1.12 bits per heavy atom. The fourth-order valence-electron chi connectivity index (χ4n) is 3.09. The molecule has 0 bridgehead atoms. The minimum absolute atomic E-state index is 0.0118. The quantitative estimate of drug-likeness (QED) is 0.491. The molecule has 0 unspecified atom stereocenters. The van der Waals surface area contributed by atoms with E-state index in [1.165, 1.54) is 6.42 Å². The highest BCUT2D eigenvalue weighted by Gasteiger charge is 2.39. The van der Waals surface area contributed by atoms with Gasteiger partial charge in [-0.3, -0.25) is 4.79 Å². The average molecular weight is 363 g/mol. The molecule has 4 heteroatoms. The van der Waals surface area contributed by atoms with Crippen LogP contribution in [0.25, 0.3) is 0 Å². The first-order valence-corrected chi connectivity index (χ1v) is 12.5. The maximum Gasteiger partial charge on any atom is 0.309 e. The van der Waals surface area contributed by atoms with E-state index in [1.54, 1.807) is 0 Å². The Kier molecular flexibility index (Phi) is 6.86. The zero-order valence-corrected chi connectivity index (χ0v) is 17.5. The SMILES string of the molecule is CC(C)(C)[Si](C)(C)OC[C@@H]1CCCC[C@@H]1C(=O)OCc1ccccc1. The fourth-order valence-corrected chi connectivity index (χ4v) is 4.15. The summed E-state index contributed by atoms with van der Waals surface area (Å²) in [6.45, 7) is 12.4. The van der Waals surface area contributed by atoms with E-state index < -0.39 is 8.32 Å². The van der Waals surface area contributed by atoms with E-state index in [2.05, 4.69) is 33.9 Å². The molecule has 1 saturated carbocycles. The van der Waals surface area contributed by atoms with Crippen LogP contribution in [0, 0.1) is 11.8 Å². The number of ether oxygens (including phenoxy) is 1. The molecule has 0 amide bonds. The third kappa shape index (κ3) is 5.68. The summed E-state index contributed by atoms with van der Waals surface area (Å²) >= 11 is 0. The molecule has 1 fully saturated rings. The molecule has 140 valence electrons. The standard InChI is InChI=1S/C21H34O3Si/c1-21(2,3)25(4,5)24-16-18-13-9-10-14-19(18)20(22)23-15-17-11-7-6-8-12-17/h6-8,11-12,18-19H,9-10,13-16H2,1-5H3/t18-,19-/m0/s1. The third-order valence-electron chi connectivity index (χ3n) is 5.90. The number of esters is 1. The van der Waals surface area contributed by atoms with Crippen molar-refractivity contribution in [2.24, 2.45) is 11.8 Å². The Labute approximate surface area is 154 Å². The smallest absolute Gasteiger partial charge is 0.309 e. The van der Waals surface area contributed by atoms with Crippen molar-refractivity contribution in [1.82, 2.24) is 0 Å². The van der Waals surface area contributed by atoms with E-state index in [1.807, 2.05) is 30.3 Å². The summed E-state index contributed by atoms with van der Waals surface area (Å²) in [5.41, 5.74) is 1.04. The van der Waals surface area contributed by atoms with Crippen LogP contribution < -0.4 is 0 Å². The van der Waals surface area contributed by atoms with Crippen molar-refractivity contribution in [3.05, 3.63) is 35.9 Å². The van der Waals surface area contributed by atoms with Crippen LogP contribution in [0.3, 0.4) is 0 Å². The average Bonchev–Trinajstić information content (AvgIpc) is 2.58. The van der Waals surface area contributed by atoms with Gasteiger partial charge in [-0.05, 0) is 42.5 Å². The van der Waals surface area contributed by atoms with Crippen molar-refractivity contribution in [1.29, 1.82) is 0 Å². The minimum atomic E-state index is -1.78. The van der Waals surface area contributed by atoms with Gasteiger partial charge in [0, 0.05) is 6.61 Å². The minimum Gasteiger partial charge on any atom is -0.461 e. The van der Waals surface area contributed by atoms with Crippen molar-refractivity contribution in [3.8, 4) is 0 Å². The van der Waals surface area contributed by atoms with Crippen LogP contribution >= 0.6 is 0 Å². The number of carbonyl (C=O) groups is 1. The predicted molar refractivity (Wildman–Crippen MR) is 105 cm³/mol. The van der Waals surface area contributed by atoms with Crippen LogP contribution in [0.4, 0.5) is 0 Å². The molecule has 1 aromatic rings. The molecule has 25 heavy (non-hydrogen) atoms. The molecular formula is C21H34O3Si. The van der Waals surface area contributed by atoms with E-state index in [-0.39, 0.29) is 16.9 Å². The van der Waals surface area contributed by atoms with Gasteiger partial charge in [-0.15, -0.1) is 0 Å². The van der Waals surface area contributed by atoms with Gasteiger partial charge in [-0.25, -0.2) is 0 Å². The van der Waals surface area contributed by atoms with Gasteiger partial charge in [0.1, 0.15) is 6.61 Å². The maximum absolute atomic E-state index is 12.6. The van der Waals surface area contributed by atoms with E-state index in [9.17, 15) is 4.79 Å². The summed E-state index contributed by atoms with van der Waals surface area (Å²) in [5, 5.41) is 0.199. The Balaban J connectivity index is 1.92. The lowest BCUT2D eigenvalue weighted by molar-refractivity contribution is -0.153. The monoisotopic (exact) mass is 362 g/mol. The van der Waals surface area contributed by atoms with Gasteiger partial charge < -0.3 is 9.16 Å². The second-order valence-corrected chi connectivity index (χ2v) is 13.6. The first kappa shape index (κ1) is 20.2. The molecule has 0 radical (unpaired) electrons. The summed E-state index contributed by atoms with van der Waals surface area (Å²) in [4.78, 5) is 12.6. The Bertz CT molecular complexity index is 548. The van der Waals surface area contributed by atoms with Gasteiger partial charge in [-0.2, -0.15) is 0 Å².